The number of benzene rings is 2. The number of aryl methyl sites for hydroxylation is 4. The molecule has 0 spiro atoms. The summed E-state index contributed by atoms with van der Waals surface area (Å²) in [7, 11) is 0. The van der Waals surface area contributed by atoms with Gasteiger partial charge in [0.15, 0.2) is 12.2 Å². The first-order valence-electron chi connectivity index (χ1n) is 14.4. The first-order valence-corrected chi connectivity index (χ1v) is 14.4. The first-order chi connectivity index (χ1) is 19.7. The fourth-order valence-corrected chi connectivity index (χ4v) is 4.47. The summed E-state index contributed by atoms with van der Waals surface area (Å²) in [6, 6.07) is 12.9. The minimum atomic E-state index is -1.73. The minimum Gasteiger partial charge on any atom is -0.480 e. The number of rotatable bonds is 21. The summed E-state index contributed by atoms with van der Waals surface area (Å²) in [6.45, 7) is 3.81. The van der Waals surface area contributed by atoms with Crippen molar-refractivity contribution in [3.63, 3.8) is 0 Å². The number of nitrogens with one attached hydrogen (secondary N) is 1. The Labute approximate surface area is 242 Å². The smallest absolute Gasteiger partial charge is 0.336 e. The van der Waals surface area contributed by atoms with Crippen molar-refractivity contribution in [2.24, 2.45) is 0 Å². The summed E-state index contributed by atoms with van der Waals surface area (Å²) in [5, 5.41) is 21.3. The number of carbonyl (C=O) groups excluding carboxylic acids is 1. The molecule has 2 aromatic rings. The van der Waals surface area contributed by atoms with Crippen molar-refractivity contribution in [3.05, 3.63) is 70.5 Å². The van der Waals surface area contributed by atoms with Gasteiger partial charge < -0.3 is 25.0 Å². The van der Waals surface area contributed by atoms with E-state index in [1.54, 1.807) is 12.1 Å². The normalized spacial score (nSPS) is 12.6. The second-order valence-corrected chi connectivity index (χ2v) is 10.4. The number of ether oxygens (including phenoxy) is 2. The third-order valence-corrected chi connectivity index (χ3v) is 7.00. The van der Waals surface area contributed by atoms with E-state index in [9.17, 15) is 23.9 Å². The van der Waals surface area contributed by atoms with E-state index < -0.39 is 36.7 Å². The van der Waals surface area contributed by atoms with E-state index in [0.717, 1.165) is 56.9 Å². The Bertz CT molecular complexity index is 1090. The molecule has 0 saturated heterocycles. The number of hydrogen-bond acceptors (Lipinski definition) is 5. The van der Waals surface area contributed by atoms with Crippen LogP contribution >= 0.6 is 0 Å². The molecule has 2 rings (SSSR count). The third kappa shape index (κ3) is 13.7. The van der Waals surface area contributed by atoms with E-state index in [1.807, 2.05) is 0 Å². The highest BCUT2D eigenvalue weighted by atomic mass is 19.1. The van der Waals surface area contributed by atoms with Crippen LogP contribution in [0, 0.1) is 19.7 Å². The molecule has 2 atom stereocenters. The van der Waals surface area contributed by atoms with Gasteiger partial charge in [0.1, 0.15) is 12.4 Å². The van der Waals surface area contributed by atoms with Crippen LogP contribution < -0.4 is 5.32 Å². The van der Waals surface area contributed by atoms with Gasteiger partial charge in [-0.1, -0.05) is 56.0 Å². The summed E-state index contributed by atoms with van der Waals surface area (Å²) in [6.07, 6.45) is 5.54. The number of carboxylic acids is 2. The first kappa shape index (κ1) is 33.9. The van der Waals surface area contributed by atoms with Crippen LogP contribution in [-0.2, 0) is 36.7 Å². The molecule has 0 fully saturated rings. The minimum absolute atomic E-state index is 0.152. The Morgan fingerprint density at radius 3 is 2.02 bits per heavy atom. The van der Waals surface area contributed by atoms with Crippen LogP contribution in [0.4, 0.5) is 4.39 Å². The lowest BCUT2D eigenvalue weighted by Gasteiger charge is -2.23. The molecule has 0 bridgehead atoms. The summed E-state index contributed by atoms with van der Waals surface area (Å²) >= 11 is 0. The van der Waals surface area contributed by atoms with Crippen molar-refractivity contribution in [1.82, 2.24) is 5.32 Å². The van der Waals surface area contributed by atoms with E-state index in [-0.39, 0.29) is 12.4 Å². The zero-order valence-corrected chi connectivity index (χ0v) is 24.2. The summed E-state index contributed by atoms with van der Waals surface area (Å²) < 4.78 is 23.7. The topological polar surface area (TPSA) is 122 Å². The summed E-state index contributed by atoms with van der Waals surface area (Å²) in [5.74, 6) is -3.66. The van der Waals surface area contributed by atoms with Crippen LogP contribution in [-0.4, -0.2) is 60.0 Å². The molecule has 0 aliphatic rings. The molecule has 9 heteroatoms. The molecule has 41 heavy (non-hydrogen) atoms. The van der Waals surface area contributed by atoms with E-state index in [1.165, 1.54) is 28.8 Å². The lowest BCUT2D eigenvalue weighted by molar-refractivity contribution is -0.172. The van der Waals surface area contributed by atoms with Gasteiger partial charge in [0.05, 0.1) is 0 Å². The largest absolute Gasteiger partial charge is 0.480 e. The second-order valence-electron chi connectivity index (χ2n) is 10.4. The summed E-state index contributed by atoms with van der Waals surface area (Å²) in [4.78, 5) is 35.6. The van der Waals surface area contributed by atoms with Gasteiger partial charge in [0.25, 0.3) is 5.91 Å². The molecule has 0 aliphatic heterocycles. The van der Waals surface area contributed by atoms with Gasteiger partial charge in [-0.15, -0.1) is 0 Å². The predicted molar refractivity (Wildman–Crippen MR) is 154 cm³/mol. The molecular weight excluding hydrogens is 529 g/mol. The molecular formula is C32H44FNO7. The molecule has 0 aliphatic carbocycles. The van der Waals surface area contributed by atoms with Crippen molar-refractivity contribution >= 4 is 17.8 Å². The van der Waals surface area contributed by atoms with Crippen LogP contribution in [0.2, 0.25) is 0 Å². The maximum absolute atomic E-state index is 13.0. The molecule has 2 aromatic carbocycles. The van der Waals surface area contributed by atoms with Crippen molar-refractivity contribution in [3.8, 4) is 0 Å². The molecule has 2 unspecified atom stereocenters. The summed E-state index contributed by atoms with van der Waals surface area (Å²) in [5.41, 5.74) is 4.86. The number of carbonyl (C=O) groups is 3. The van der Waals surface area contributed by atoms with Crippen LogP contribution in [0.5, 0.6) is 0 Å². The maximum atomic E-state index is 13.0. The fraction of sp³-hybridized carbons (Fsp3) is 0.531. The highest BCUT2D eigenvalue weighted by Gasteiger charge is 2.36. The highest BCUT2D eigenvalue weighted by molar-refractivity contribution is 5.88. The number of amides is 1. The molecule has 1 amide bonds. The Morgan fingerprint density at radius 1 is 0.756 bits per heavy atom. The molecule has 8 nitrogen and oxygen atoms in total. The Kier molecular flexibility index (Phi) is 15.7. The van der Waals surface area contributed by atoms with Crippen molar-refractivity contribution in [2.45, 2.75) is 90.3 Å². The fourth-order valence-electron chi connectivity index (χ4n) is 4.47. The van der Waals surface area contributed by atoms with Crippen molar-refractivity contribution < 1.29 is 38.5 Å². The Balaban J connectivity index is 1.74. The van der Waals surface area contributed by atoms with Crippen molar-refractivity contribution in [2.75, 3.05) is 19.8 Å². The van der Waals surface area contributed by atoms with Gasteiger partial charge in [0.2, 0.25) is 0 Å². The van der Waals surface area contributed by atoms with Gasteiger partial charge in [0, 0.05) is 13.2 Å². The van der Waals surface area contributed by atoms with Crippen LogP contribution in [0.3, 0.4) is 0 Å². The average molecular weight is 574 g/mol. The molecule has 0 saturated carbocycles. The Hall–Kier alpha value is -3.30. The van der Waals surface area contributed by atoms with E-state index >= 15 is 0 Å². The maximum Gasteiger partial charge on any atom is 0.336 e. The lowest BCUT2D eigenvalue weighted by Crippen LogP contribution is -2.49. The van der Waals surface area contributed by atoms with Gasteiger partial charge in [-0.3, -0.25) is 4.79 Å². The number of unbranched alkanes of at least 4 members (excludes halogenated alkanes) is 6. The molecule has 0 radical (unpaired) electrons. The number of hydrogen-bond donors (Lipinski definition) is 3. The quantitative estimate of drug-likeness (QED) is 0.171. The van der Waals surface area contributed by atoms with E-state index in [2.05, 4.69) is 37.4 Å². The van der Waals surface area contributed by atoms with E-state index in [0.29, 0.717) is 19.4 Å². The molecule has 3 N–H and O–H groups in total. The third-order valence-electron chi connectivity index (χ3n) is 7.00. The van der Waals surface area contributed by atoms with Gasteiger partial charge >= 0.3 is 11.9 Å². The van der Waals surface area contributed by atoms with Crippen LogP contribution in [0.25, 0.3) is 0 Å². The SMILES string of the molecule is Cc1ccc(CCCCCOC(C(=O)NCCCCCCCc2ccc(F)cc2)C(OCC(=O)O)C(=O)O)cc1C. The van der Waals surface area contributed by atoms with Gasteiger partial charge in [-0.25, -0.2) is 14.0 Å². The predicted octanol–water partition coefficient (Wildman–Crippen LogP) is 5.40. The Morgan fingerprint density at radius 2 is 1.37 bits per heavy atom. The van der Waals surface area contributed by atoms with Crippen LogP contribution in [0.15, 0.2) is 42.5 Å². The second kappa shape index (κ2) is 18.9. The zero-order chi connectivity index (χ0) is 30.0. The van der Waals surface area contributed by atoms with E-state index in [4.69, 9.17) is 14.6 Å². The molecule has 226 valence electrons. The molecule has 0 aromatic heterocycles. The van der Waals surface area contributed by atoms with Crippen LogP contribution in [0.1, 0.15) is 73.6 Å². The number of aliphatic carboxylic acids is 2. The number of carboxylic acid groups (broad SMARTS) is 2. The zero-order valence-electron chi connectivity index (χ0n) is 24.2. The van der Waals surface area contributed by atoms with Crippen molar-refractivity contribution in [1.29, 1.82) is 0 Å². The highest BCUT2D eigenvalue weighted by Crippen LogP contribution is 2.14. The number of halogens is 1. The standard InChI is InChI=1S/C32H44FNO7/c1-23-13-14-26(21-24(23)2)12-8-6-10-20-40-29(30(32(38)39)41-22-28(35)36)31(37)34-19-9-5-3-4-7-11-25-15-17-27(33)18-16-25/h13-18,21,29-30H,3-12,19-20,22H2,1-2H3,(H,34,37)(H,35,36)(H,38,39). The average Bonchev–Trinajstić information content (AvgIpc) is 2.93. The molecule has 0 heterocycles. The van der Waals surface area contributed by atoms with Gasteiger partial charge in [-0.05, 0) is 86.8 Å². The monoisotopic (exact) mass is 573 g/mol. The van der Waals surface area contributed by atoms with Gasteiger partial charge in [-0.2, -0.15) is 0 Å². The lowest BCUT2D eigenvalue weighted by atomic mass is 10.0.